The summed E-state index contributed by atoms with van der Waals surface area (Å²) in [6.45, 7) is 2.28. The molecular formula is C13H18INO4. The first-order valence-electron chi connectivity index (χ1n) is 5.96. The summed E-state index contributed by atoms with van der Waals surface area (Å²) in [5.74, 6) is -0.332. The molecular weight excluding hydrogens is 361 g/mol. The topological polar surface area (TPSA) is 70.0 Å². The SMILES string of the molecule is Cc1ccc(C(I)C(=O)OCCN(O)CCO)cc1. The third-order valence-corrected chi connectivity index (χ3v) is 3.76. The highest BCUT2D eigenvalue weighted by Crippen LogP contribution is 2.24. The summed E-state index contributed by atoms with van der Waals surface area (Å²) < 4.78 is 4.72. The summed E-state index contributed by atoms with van der Waals surface area (Å²) in [6.07, 6.45) is 0. The van der Waals surface area contributed by atoms with Crippen LogP contribution in [-0.4, -0.2) is 47.6 Å². The molecule has 0 amide bonds. The maximum absolute atomic E-state index is 11.8. The Balaban J connectivity index is 2.38. The van der Waals surface area contributed by atoms with Crippen LogP contribution in [0.4, 0.5) is 0 Å². The summed E-state index contributed by atoms with van der Waals surface area (Å²) in [5.41, 5.74) is 2.04. The average Bonchev–Trinajstić information content (AvgIpc) is 2.39. The molecule has 0 saturated carbocycles. The van der Waals surface area contributed by atoms with Gasteiger partial charge < -0.3 is 15.1 Å². The number of carbonyl (C=O) groups is 1. The van der Waals surface area contributed by atoms with Gasteiger partial charge in [-0.15, -0.1) is 0 Å². The number of hydrogen-bond donors (Lipinski definition) is 2. The van der Waals surface area contributed by atoms with E-state index in [0.717, 1.165) is 16.2 Å². The summed E-state index contributed by atoms with van der Waals surface area (Å²) in [6, 6.07) is 7.70. The Bertz CT molecular complexity index is 396. The van der Waals surface area contributed by atoms with Crippen LogP contribution in [0.1, 0.15) is 15.1 Å². The van der Waals surface area contributed by atoms with Crippen LogP contribution < -0.4 is 0 Å². The fraction of sp³-hybridized carbons (Fsp3) is 0.462. The Morgan fingerprint density at radius 3 is 2.58 bits per heavy atom. The first-order chi connectivity index (χ1) is 9.04. The number of aryl methyl sites for hydroxylation is 1. The molecule has 0 aliphatic rings. The van der Waals surface area contributed by atoms with Gasteiger partial charge in [0, 0.05) is 6.54 Å². The minimum atomic E-state index is -0.358. The van der Waals surface area contributed by atoms with E-state index in [1.807, 2.05) is 53.8 Å². The molecule has 0 bridgehead atoms. The van der Waals surface area contributed by atoms with Crippen LogP contribution >= 0.6 is 22.6 Å². The van der Waals surface area contributed by atoms with Crippen molar-refractivity contribution < 1.29 is 19.8 Å². The molecule has 0 fully saturated rings. The van der Waals surface area contributed by atoms with E-state index in [-0.39, 0.29) is 36.2 Å². The van der Waals surface area contributed by atoms with Crippen molar-refractivity contribution in [3.63, 3.8) is 0 Å². The maximum atomic E-state index is 11.8. The summed E-state index contributed by atoms with van der Waals surface area (Å²) in [5, 5.41) is 18.7. The van der Waals surface area contributed by atoms with E-state index in [1.54, 1.807) is 0 Å². The molecule has 6 heteroatoms. The normalized spacial score (nSPS) is 12.5. The molecule has 0 aromatic heterocycles. The Morgan fingerprint density at radius 2 is 2.00 bits per heavy atom. The second-order valence-corrected chi connectivity index (χ2v) is 5.36. The minimum absolute atomic E-state index is 0.0979. The molecule has 5 nitrogen and oxygen atoms in total. The Labute approximate surface area is 126 Å². The van der Waals surface area contributed by atoms with Gasteiger partial charge in [0.2, 0.25) is 0 Å². The lowest BCUT2D eigenvalue weighted by molar-refractivity contribution is -0.149. The Morgan fingerprint density at radius 1 is 1.37 bits per heavy atom. The molecule has 1 aromatic rings. The fourth-order valence-electron chi connectivity index (χ4n) is 1.42. The van der Waals surface area contributed by atoms with Crippen LogP contribution in [0, 0.1) is 6.92 Å². The van der Waals surface area contributed by atoms with Crippen molar-refractivity contribution in [3.05, 3.63) is 35.4 Å². The summed E-state index contributed by atoms with van der Waals surface area (Å²) in [7, 11) is 0. The van der Waals surface area contributed by atoms with Gasteiger partial charge in [0.25, 0.3) is 0 Å². The van der Waals surface area contributed by atoms with Crippen LogP contribution in [-0.2, 0) is 9.53 Å². The Kier molecular flexibility index (Phi) is 7.29. The highest BCUT2D eigenvalue weighted by molar-refractivity contribution is 14.1. The first kappa shape index (κ1) is 16.4. The molecule has 0 aliphatic carbocycles. The number of hydrogen-bond acceptors (Lipinski definition) is 5. The molecule has 0 spiro atoms. The molecule has 0 heterocycles. The predicted molar refractivity (Wildman–Crippen MR) is 79.3 cm³/mol. The second-order valence-electron chi connectivity index (χ2n) is 4.12. The third-order valence-electron chi connectivity index (χ3n) is 2.53. The zero-order chi connectivity index (χ0) is 14.3. The molecule has 1 atom stereocenters. The number of hydroxylamine groups is 2. The number of esters is 1. The molecule has 0 aliphatic heterocycles. The number of alkyl halides is 1. The fourth-order valence-corrected chi connectivity index (χ4v) is 2.02. The number of benzene rings is 1. The molecule has 1 unspecified atom stereocenters. The van der Waals surface area contributed by atoms with Gasteiger partial charge in [-0.2, -0.15) is 5.06 Å². The smallest absolute Gasteiger partial charge is 0.323 e. The predicted octanol–water partition coefficient (Wildman–Crippen LogP) is 1.70. The monoisotopic (exact) mass is 379 g/mol. The number of rotatable bonds is 7. The van der Waals surface area contributed by atoms with Gasteiger partial charge in [-0.05, 0) is 12.5 Å². The van der Waals surface area contributed by atoms with Gasteiger partial charge in [-0.3, -0.25) is 4.79 Å². The van der Waals surface area contributed by atoms with Crippen molar-refractivity contribution in [2.24, 2.45) is 0 Å². The van der Waals surface area contributed by atoms with Crippen LogP contribution in [0.25, 0.3) is 0 Å². The number of aliphatic hydroxyl groups is 1. The zero-order valence-electron chi connectivity index (χ0n) is 10.8. The van der Waals surface area contributed by atoms with E-state index in [9.17, 15) is 10.0 Å². The van der Waals surface area contributed by atoms with Gasteiger partial charge in [-0.1, -0.05) is 52.4 Å². The summed E-state index contributed by atoms with van der Waals surface area (Å²) >= 11 is 2.03. The van der Waals surface area contributed by atoms with E-state index >= 15 is 0 Å². The molecule has 0 radical (unpaired) electrons. The number of aliphatic hydroxyl groups excluding tert-OH is 1. The quantitative estimate of drug-likeness (QED) is 0.327. The number of carbonyl (C=O) groups excluding carboxylic acids is 1. The van der Waals surface area contributed by atoms with Crippen LogP contribution in [0.15, 0.2) is 24.3 Å². The number of ether oxygens (including phenoxy) is 1. The van der Waals surface area contributed by atoms with Gasteiger partial charge in [-0.25, -0.2) is 0 Å². The third kappa shape index (κ3) is 5.85. The summed E-state index contributed by atoms with van der Waals surface area (Å²) in [4.78, 5) is 11.8. The zero-order valence-corrected chi connectivity index (χ0v) is 12.9. The van der Waals surface area contributed by atoms with Gasteiger partial charge in [0.1, 0.15) is 10.5 Å². The molecule has 0 saturated heterocycles. The lowest BCUT2D eigenvalue weighted by atomic mass is 10.1. The van der Waals surface area contributed by atoms with E-state index < -0.39 is 0 Å². The average molecular weight is 379 g/mol. The molecule has 1 aromatic carbocycles. The van der Waals surface area contributed by atoms with Crippen molar-refractivity contribution in [3.8, 4) is 0 Å². The number of nitrogens with zero attached hydrogens (tertiary/aromatic N) is 1. The lowest BCUT2D eigenvalue weighted by Gasteiger charge is -2.14. The van der Waals surface area contributed by atoms with Crippen LogP contribution in [0.5, 0.6) is 0 Å². The minimum Gasteiger partial charge on any atom is -0.463 e. The van der Waals surface area contributed by atoms with E-state index in [4.69, 9.17) is 9.84 Å². The van der Waals surface area contributed by atoms with E-state index in [1.165, 1.54) is 0 Å². The van der Waals surface area contributed by atoms with Gasteiger partial charge in [0.05, 0.1) is 13.2 Å². The Hall–Kier alpha value is -0.700. The molecule has 19 heavy (non-hydrogen) atoms. The first-order valence-corrected chi connectivity index (χ1v) is 7.21. The highest BCUT2D eigenvalue weighted by atomic mass is 127. The van der Waals surface area contributed by atoms with Gasteiger partial charge >= 0.3 is 5.97 Å². The molecule has 1 rings (SSSR count). The van der Waals surface area contributed by atoms with E-state index in [0.29, 0.717) is 0 Å². The van der Waals surface area contributed by atoms with Crippen LogP contribution in [0.3, 0.4) is 0 Å². The number of halogens is 1. The van der Waals surface area contributed by atoms with Gasteiger partial charge in [0.15, 0.2) is 0 Å². The molecule has 2 N–H and O–H groups in total. The van der Waals surface area contributed by atoms with Crippen molar-refractivity contribution >= 4 is 28.6 Å². The van der Waals surface area contributed by atoms with Crippen molar-refractivity contribution in [1.29, 1.82) is 0 Å². The van der Waals surface area contributed by atoms with Crippen molar-refractivity contribution in [2.45, 2.75) is 10.8 Å². The van der Waals surface area contributed by atoms with Crippen molar-refractivity contribution in [1.82, 2.24) is 5.06 Å². The second kappa shape index (κ2) is 8.47. The standard InChI is InChI=1S/C13H18INO4/c1-10-2-4-11(5-3-10)12(14)13(17)19-9-7-15(18)6-8-16/h2-5,12,16,18H,6-9H2,1H3. The van der Waals surface area contributed by atoms with E-state index in [2.05, 4.69) is 0 Å². The highest BCUT2D eigenvalue weighted by Gasteiger charge is 2.18. The maximum Gasteiger partial charge on any atom is 0.323 e. The largest absolute Gasteiger partial charge is 0.463 e. The van der Waals surface area contributed by atoms with Crippen molar-refractivity contribution in [2.75, 3.05) is 26.3 Å². The molecule has 106 valence electrons. The lowest BCUT2D eigenvalue weighted by Crippen LogP contribution is -2.28. The van der Waals surface area contributed by atoms with Crippen LogP contribution in [0.2, 0.25) is 0 Å².